The molecule has 0 aromatic carbocycles. The minimum absolute atomic E-state index is 0.0163. The smallest absolute Gasteiger partial charge is 0.261 e. The average Bonchev–Trinajstić information content (AvgIpc) is 2.76. The van der Waals surface area contributed by atoms with Gasteiger partial charge in [0.1, 0.15) is 0 Å². The highest BCUT2D eigenvalue weighted by Gasteiger charge is 2.18. The van der Waals surface area contributed by atoms with Crippen LogP contribution >= 0.6 is 22.9 Å². The predicted molar refractivity (Wildman–Crippen MR) is 64.0 cm³/mol. The van der Waals surface area contributed by atoms with Crippen molar-refractivity contribution in [2.75, 3.05) is 5.88 Å². The number of fused-ring (bicyclic) bond motifs is 1. The SMILES string of the molecule is CC(CCl)NC(=O)c1cc2c(s1)CCC2. The van der Waals surface area contributed by atoms with E-state index in [1.807, 2.05) is 13.0 Å². The first-order valence-electron chi connectivity index (χ1n) is 5.19. The number of nitrogens with one attached hydrogen (secondary N) is 1. The van der Waals surface area contributed by atoms with Gasteiger partial charge in [0.15, 0.2) is 0 Å². The molecule has 1 amide bonds. The van der Waals surface area contributed by atoms with E-state index in [0.717, 1.165) is 17.7 Å². The summed E-state index contributed by atoms with van der Waals surface area (Å²) in [5.41, 5.74) is 1.36. The van der Waals surface area contributed by atoms with Crippen molar-refractivity contribution in [3.05, 3.63) is 21.4 Å². The van der Waals surface area contributed by atoms with Crippen LogP contribution < -0.4 is 5.32 Å². The summed E-state index contributed by atoms with van der Waals surface area (Å²) in [5, 5.41) is 2.87. The summed E-state index contributed by atoms with van der Waals surface area (Å²) >= 11 is 7.27. The summed E-state index contributed by atoms with van der Waals surface area (Å²) in [6.45, 7) is 1.91. The normalized spacial score (nSPS) is 16.1. The van der Waals surface area contributed by atoms with E-state index >= 15 is 0 Å². The lowest BCUT2D eigenvalue weighted by Crippen LogP contribution is -2.33. The van der Waals surface area contributed by atoms with E-state index in [0.29, 0.717) is 5.88 Å². The Morgan fingerprint density at radius 3 is 3.13 bits per heavy atom. The number of alkyl halides is 1. The van der Waals surface area contributed by atoms with Gasteiger partial charge in [0.2, 0.25) is 0 Å². The highest BCUT2D eigenvalue weighted by Crippen LogP contribution is 2.30. The van der Waals surface area contributed by atoms with Crippen LogP contribution in [0.15, 0.2) is 6.07 Å². The number of aryl methyl sites for hydroxylation is 2. The van der Waals surface area contributed by atoms with Crippen LogP contribution in [0.5, 0.6) is 0 Å². The minimum Gasteiger partial charge on any atom is -0.348 e. The first-order chi connectivity index (χ1) is 7.20. The molecule has 0 fully saturated rings. The molecule has 82 valence electrons. The molecule has 0 radical (unpaired) electrons. The third kappa shape index (κ3) is 2.34. The van der Waals surface area contributed by atoms with E-state index in [1.165, 1.54) is 16.9 Å². The van der Waals surface area contributed by atoms with Gasteiger partial charge in [-0.05, 0) is 37.8 Å². The molecule has 4 heteroatoms. The van der Waals surface area contributed by atoms with Crippen molar-refractivity contribution in [2.45, 2.75) is 32.2 Å². The molecule has 1 aromatic rings. The minimum atomic E-state index is 0.0163. The van der Waals surface area contributed by atoms with Crippen LogP contribution in [-0.4, -0.2) is 17.8 Å². The van der Waals surface area contributed by atoms with Crippen LogP contribution in [0.3, 0.4) is 0 Å². The number of amides is 1. The molecule has 0 spiro atoms. The molecule has 1 N–H and O–H groups in total. The summed E-state index contributed by atoms with van der Waals surface area (Å²) in [7, 11) is 0. The van der Waals surface area contributed by atoms with E-state index in [1.54, 1.807) is 11.3 Å². The number of hydrogen-bond acceptors (Lipinski definition) is 2. The fraction of sp³-hybridized carbons (Fsp3) is 0.545. The Labute approximate surface area is 98.6 Å². The first-order valence-corrected chi connectivity index (χ1v) is 6.54. The molecule has 1 atom stereocenters. The molecule has 0 saturated carbocycles. The molecule has 2 rings (SSSR count). The van der Waals surface area contributed by atoms with Crippen LogP contribution in [0.1, 0.15) is 33.5 Å². The largest absolute Gasteiger partial charge is 0.348 e. The van der Waals surface area contributed by atoms with Gasteiger partial charge in [0, 0.05) is 16.8 Å². The number of carbonyl (C=O) groups is 1. The quantitative estimate of drug-likeness (QED) is 0.813. The molecule has 1 aliphatic rings. The lowest BCUT2D eigenvalue weighted by molar-refractivity contribution is 0.0947. The number of carbonyl (C=O) groups excluding carboxylic acids is 1. The van der Waals surface area contributed by atoms with Crippen molar-refractivity contribution < 1.29 is 4.79 Å². The molecule has 0 bridgehead atoms. The molecular weight excluding hydrogens is 230 g/mol. The Hall–Kier alpha value is -0.540. The average molecular weight is 244 g/mol. The zero-order chi connectivity index (χ0) is 10.8. The van der Waals surface area contributed by atoms with Crippen molar-refractivity contribution >= 4 is 28.8 Å². The van der Waals surface area contributed by atoms with Crippen molar-refractivity contribution in [2.24, 2.45) is 0 Å². The van der Waals surface area contributed by atoms with E-state index < -0.39 is 0 Å². The number of hydrogen-bond donors (Lipinski definition) is 1. The third-order valence-electron chi connectivity index (χ3n) is 2.58. The van der Waals surface area contributed by atoms with Gasteiger partial charge >= 0.3 is 0 Å². The second-order valence-electron chi connectivity index (χ2n) is 3.94. The van der Waals surface area contributed by atoms with Crippen LogP contribution in [-0.2, 0) is 12.8 Å². The summed E-state index contributed by atoms with van der Waals surface area (Å²) in [5.74, 6) is 0.471. The van der Waals surface area contributed by atoms with E-state index in [9.17, 15) is 4.79 Å². The van der Waals surface area contributed by atoms with Gasteiger partial charge in [-0.1, -0.05) is 0 Å². The topological polar surface area (TPSA) is 29.1 Å². The monoisotopic (exact) mass is 243 g/mol. The number of rotatable bonds is 3. The van der Waals surface area contributed by atoms with Gasteiger partial charge in [-0.3, -0.25) is 4.79 Å². The highest BCUT2D eigenvalue weighted by molar-refractivity contribution is 7.14. The number of thiophene rings is 1. The Morgan fingerprint density at radius 1 is 1.67 bits per heavy atom. The van der Waals surface area contributed by atoms with Gasteiger partial charge < -0.3 is 5.32 Å². The molecule has 15 heavy (non-hydrogen) atoms. The van der Waals surface area contributed by atoms with Gasteiger partial charge in [-0.2, -0.15) is 0 Å². The van der Waals surface area contributed by atoms with Gasteiger partial charge in [-0.25, -0.2) is 0 Å². The zero-order valence-electron chi connectivity index (χ0n) is 8.68. The Morgan fingerprint density at radius 2 is 2.47 bits per heavy atom. The maximum absolute atomic E-state index is 11.8. The fourth-order valence-electron chi connectivity index (χ4n) is 1.77. The van der Waals surface area contributed by atoms with Crippen LogP contribution in [0.2, 0.25) is 0 Å². The second-order valence-corrected chi connectivity index (χ2v) is 5.39. The molecule has 2 nitrogen and oxygen atoms in total. The Kier molecular flexibility index (Phi) is 3.32. The van der Waals surface area contributed by atoms with Gasteiger partial charge in [-0.15, -0.1) is 22.9 Å². The first kappa shape index (κ1) is 11.0. The van der Waals surface area contributed by atoms with E-state index in [2.05, 4.69) is 5.32 Å². The standard InChI is InChI=1S/C11H14ClNOS/c1-7(6-12)13-11(14)10-5-8-3-2-4-9(8)15-10/h5,7H,2-4,6H2,1H3,(H,13,14). The summed E-state index contributed by atoms with van der Waals surface area (Å²) < 4.78 is 0. The van der Waals surface area contributed by atoms with E-state index in [4.69, 9.17) is 11.6 Å². The molecule has 1 aliphatic carbocycles. The van der Waals surface area contributed by atoms with Gasteiger partial charge in [0.05, 0.1) is 4.88 Å². The molecule has 0 saturated heterocycles. The molecule has 1 heterocycles. The predicted octanol–water partition coefficient (Wildman–Crippen LogP) is 2.59. The zero-order valence-corrected chi connectivity index (χ0v) is 10.3. The maximum Gasteiger partial charge on any atom is 0.261 e. The third-order valence-corrected chi connectivity index (χ3v) is 4.28. The fourth-order valence-corrected chi connectivity index (χ4v) is 3.01. The van der Waals surface area contributed by atoms with Crippen molar-refractivity contribution in [3.63, 3.8) is 0 Å². The maximum atomic E-state index is 11.8. The van der Waals surface area contributed by atoms with Crippen molar-refractivity contribution in [1.82, 2.24) is 5.32 Å². The van der Waals surface area contributed by atoms with Crippen LogP contribution in [0.25, 0.3) is 0 Å². The lowest BCUT2D eigenvalue weighted by Gasteiger charge is -2.08. The molecule has 1 unspecified atom stereocenters. The molecular formula is C11H14ClNOS. The van der Waals surface area contributed by atoms with Crippen LogP contribution in [0, 0.1) is 0 Å². The summed E-state index contributed by atoms with van der Waals surface area (Å²) in [6, 6.07) is 2.07. The second kappa shape index (κ2) is 4.54. The lowest BCUT2D eigenvalue weighted by atomic mass is 10.2. The van der Waals surface area contributed by atoms with Crippen molar-refractivity contribution in [1.29, 1.82) is 0 Å². The van der Waals surface area contributed by atoms with Crippen LogP contribution in [0.4, 0.5) is 0 Å². The molecule has 0 aliphatic heterocycles. The molecule has 1 aromatic heterocycles. The van der Waals surface area contributed by atoms with Gasteiger partial charge in [0.25, 0.3) is 5.91 Å². The van der Waals surface area contributed by atoms with Crippen molar-refractivity contribution in [3.8, 4) is 0 Å². The number of halogens is 1. The highest BCUT2D eigenvalue weighted by atomic mass is 35.5. The Bertz CT molecular complexity index is 353. The summed E-state index contributed by atoms with van der Waals surface area (Å²) in [4.78, 5) is 14.0. The summed E-state index contributed by atoms with van der Waals surface area (Å²) in [6.07, 6.45) is 3.50. The Balaban J connectivity index is 2.06. The van der Waals surface area contributed by atoms with E-state index in [-0.39, 0.29) is 11.9 Å².